The molecule has 0 atom stereocenters. The fraction of sp³-hybridized carbons (Fsp3) is 0.353. The summed E-state index contributed by atoms with van der Waals surface area (Å²) in [6, 6.07) is 12.2. The number of aromatic nitrogens is 1. The Bertz CT molecular complexity index is 549. The fourth-order valence-electron chi connectivity index (χ4n) is 2.13. The van der Waals surface area contributed by atoms with Crippen molar-refractivity contribution in [2.75, 3.05) is 7.05 Å². The van der Waals surface area contributed by atoms with Gasteiger partial charge in [0.1, 0.15) is 5.75 Å². The van der Waals surface area contributed by atoms with Gasteiger partial charge in [-0.1, -0.05) is 31.5 Å². The maximum atomic E-state index is 5.79. The highest BCUT2D eigenvalue weighted by atomic mass is 16.5. The third-order valence-electron chi connectivity index (χ3n) is 3.22. The van der Waals surface area contributed by atoms with Gasteiger partial charge < -0.3 is 10.1 Å². The van der Waals surface area contributed by atoms with E-state index < -0.39 is 0 Å². The van der Waals surface area contributed by atoms with Crippen LogP contribution in [0.4, 0.5) is 0 Å². The topological polar surface area (TPSA) is 34.1 Å². The third kappa shape index (κ3) is 3.81. The van der Waals surface area contributed by atoms with E-state index in [4.69, 9.17) is 4.74 Å². The van der Waals surface area contributed by atoms with Crippen LogP contribution in [-0.2, 0) is 13.0 Å². The number of ether oxygens (including phenoxy) is 1. The van der Waals surface area contributed by atoms with Crippen LogP contribution in [0.15, 0.2) is 36.4 Å². The molecular weight excluding hydrogens is 248 g/mol. The molecule has 1 aromatic carbocycles. The molecule has 0 saturated heterocycles. The van der Waals surface area contributed by atoms with Crippen molar-refractivity contribution in [3.05, 3.63) is 53.2 Å². The van der Waals surface area contributed by atoms with Gasteiger partial charge in [0.2, 0.25) is 5.88 Å². The summed E-state index contributed by atoms with van der Waals surface area (Å²) in [5.41, 5.74) is 3.53. The zero-order valence-electron chi connectivity index (χ0n) is 12.4. The van der Waals surface area contributed by atoms with Crippen LogP contribution in [-0.4, -0.2) is 12.0 Å². The van der Waals surface area contributed by atoms with Gasteiger partial charge in [-0.2, -0.15) is 0 Å². The van der Waals surface area contributed by atoms with Gasteiger partial charge in [-0.15, -0.1) is 0 Å². The standard InChI is InChI=1S/C17H22N2O/c1-4-5-14-6-9-16(10-7-14)20-17-11-8-15(12-18-3)13(2)19-17/h6-11,18H,4-5,12H2,1-3H3. The second-order valence-electron chi connectivity index (χ2n) is 4.92. The number of pyridine rings is 1. The summed E-state index contributed by atoms with van der Waals surface area (Å²) < 4.78 is 5.79. The highest BCUT2D eigenvalue weighted by molar-refractivity contribution is 5.32. The first-order valence-corrected chi connectivity index (χ1v) is 7.11. The molecule has 3 heteroatoms. The number of hydrogen-bond acceptors (Lipinski definition) is 3. The Morgan fingerprint density at radius 3 is 2.45 bits per heavy atom. The van der Waals surface area contributed by atoms with Crippen LogP contribution in [0.3, 0.4) is 0 Å². The first-order valence-electron chi connectivity index (χ1n) is 7.11. The van der Waals surface area contributed by atoms with Crippen LogP contribution in [0.1, 0.15) is 30.2 Å². The summed E-state index contributed by atoms with van der Waals surface area (Å²) in [7, 11) is 1.93. The second-order valence-corrected chi connectivity index (χ2v) is 4.92. The first-order chi connectivity index (χ1) is 9.72. The molecule has 1 aromatic heterocycles. The third-order valence-corrected chi connectivity index (χ3v) is 3.22. The molecule has 0 aliphatic carbocycles. The van der Waals surface area contributed by atoms with Crippen molar-refractivity contribution in [1.29, 1.82) is 0 Å². The minimum atomic E-state index is 0.644. The summed E-state index contributed by atoms with van der Waals surface area (Å²) in [6.07, 6.45) is 2.27. The zero-order valence-corrected chi connectivity index (χ0v) is 12.4. The molecule has 0 aliphatic heterocycles. The first kappa shape index (κ1) is 14.5. The van der Waals surface area contributed by atoms with Gasteiger partial charge in [0.25, 0.3) is 0 Å². The van der Waals surface area contributed by atoms with Crippen molar-refractivity contribution in [3.8, 4) is 11.6 Å². The maximum Gasteiger partial charge on any atom is 0.219 e. The van der Waals surface area contributed by atoms with E-state index in [-0.39, 0.29) is 0 Å². The molecule has 20 heavy (non-hydrogen) atoms. The van der Waals surface area contributed by atoms with Gasteiger partial charge in [0, 0.05) is 18.3 Å². The normalized spacial score (nSPS) is 10.6. The Balaban J connectivity index is 2.07. The van der Waals surface area contributed by atoms with Crippen LogP contribution in [0.2, 0.25) is 0 Å². The Labute approximate surface area is 121 Å². The average Bonchev–Trinajstić information content (AvgIpc) is 2.44. The van der Waals surface area contributed by atoms with Crippen LogP contribution in [0.5, 0.6) is 11.6 Å². The number of hydrogen-bond donors (Lipinski definition) is 1. The van der Waals surface area contributed by atoms with E-state index in [1.165, 1.54) is 11.1 Å². The van der Waals surface area contributed by atoms with E-state index in [1.54, 1.807) is 0 Å². The summed E-state index contributed by atoms with van der Waals surface area (Å²) >= 11 is 0. The van der Waals surface area contributed by atoms with Crippen LogP contribution in [0, 0.1) is 6.92 Å². The molecule has 0 amide bonds. The smallest absolute Gasteiger partial charge is 0.219 e. The van der Waals surface area contributed by atoms with Crippen LogP contribution < -0.4 is 10.1 Å². The minimum Gasteiger partial charge on any atom is -0.439 e. The summed E-state index contributed by atoms with van der Waals surface area (Å²) in [6.45, 7) is 5.01. The van der Waals surface area contributed by atoms with Gasteiger partial charge in [0.05, 0.1) is 0 Å². The lowest BCUT2D eigenvalue weighted by atomic mass is 10.1. The van der Waals surface area contributed by atoms with Crippen LogP contribution >= 0.6 is 0 Å². The SMILES string of the molecule is CCCc1ccc(Oc2ccc(CNC)c(C)n2)cc1. The number of benzene rings is 1. The molecule has 1 heterocycles. The molecule has 0 spiro atoms. The monoisotopic (exact) mass is 270 g/mol. The molecule has 0 unspecified atom stereocenters. The van der Waals surface area contributed by atoms with E-state index in [0.29, 0.717) is 5.88 Å². The molecule has 1 N–H and O–H groups in total. The van der Waals surface area contributed by atoms with Crippen molar-refractivity contribution in [2.24, 2.45) is 0 Å². The van der Waals surface area contributed by atoms with Gasteiger partial charge in [-0.05, 0) is 43.7 Å². The molecule has 0 radical (unpaired) electrons. The summed E-state index contributed by atoms with van der Waals surface area (Å²) in [5.74, 6) is 1.48. The lowest BCUT2D eigenvalue weighted by Crippen LogP contribution is -2.07. The van der Waals surface area contributed by atoms with E-state index in [1.807, 2.05) is 32.2 Å². The Kier molecular flexibility index (Phi) is 5.13. The maximum absolute atomic E-state index is 5.79. The minimum absolute atomic E-state index is 0.644. The number of rotatable bonds is 6. The molecule has 0 bridgehead atoms. The average molecular weight is 270 g/mol. The molecule has 2 rings (SSSR count). The molecule has 3 nitrogen and oxygen atoms in total. The van der Waals surface area contributed by atoms with Gasteiger partial charge in [-0.25, -0.2) is 4.98 Å². The molecule has 0 fully saturated rings. The van der Waals surface area contributed by atoms with E-state index in [9.17, 15) is 0 Å². The van der Waals surface area contributed by atoms with E-state index >= 15 is 0 Å². The number of aryl methyl sites for hydroxylation is 2. The highest BCUT2D eigenvalue weighted by Crippen LogP contribution is 2.21. The summed E-state index contributed by atoms with van der Waals surface area (Å²) in [4.78, 5) is 4.48. The zero-order chi connectivity index (χ0) is 14.4. The molecule has 0 aliphatic rings. The second kappa shape index (κ2) is 7.06. The van der Waals surface area contributed by atoms with Crippen molar-refractivity contribution < 1.29 is 4.74 Å². The lowest BCUT2D eigenvalue weighted by molar-refractivity contribution is 0.460. The van der Waals surface area contributed by atoms with Gasteiger partial charge in [-0.3, -0.25) is 0 Å². The Morgan fingerprint density at radius 2 is 1.85 bits per heavy atom. The molecule has 0 saturated carbocycles. The number of nitrogens with zero attached hydrogens (tertiary/aromatic N) is 1. The van der Waals surface area contributed by atoms with Crippen molar-refractivity contribution in [3.63, 3.8) is 0 Å². The van der Waals surface area contributed by atoms with E-state index in [0.717, 1.165) is 30.8 Å². The van der Waals surface area contributed by atoms with Crippen molar-refractivity contribution in [2.45, 2.75) is 33.2 Å². The fourth-order valence-corrected chi connectivity index (χ4v) is 2.13. The largest absolute Gasteiger partial charge is 0.439 e. The Hall–Kier alpha value is -1.87. The predicted octanol–water partition coefficient (Wildman–Crippen LogP) is 3.85. The van der Waals surface area contributed by atoms with Gasteiger partial charge in [0.15, 0.2) is 0 Å². The van der Waals surface area contributed by atoms with Crippen molar-refractivity contribution >= 4 is 0 Å². The van der Waals surface area contributed by atoms with Gasteiger partial charge >= 0.3 is 0 Å². The quantitative estimate of drug-likeness (QED) is 0.865. The molecule has 106 valence electrons. The van der Waals surface area contributed by atoms with E-state index in [2.05, 4.69) is 35.4 Å². The van der Waals surface area contributed by atoms with Crippen molar-refractivity contribution in [1.82, 2.24) is 10.3 Å². The molecular formula is C17H22N2O. The predicted molar refractivity (Wildman–Crippen MR) is 82.2 cm³/mol. The van der Waals surface area contributed by atoms with Crippen LogP contribution in [0.25, 0.3) is 0 Å². The lowest BCUT2D eigenvalue weighted by Gasteiger charge is -2.09. The summed E-state index contributed by atoms with van der Waals surface area (Å²) in [5, 5.41) is 3.13. The highest BCUT2D eigenvalue weighted by Gasteiger charge is 2.03. The Morgan fingerprint density at radius 1 is 1.10 bits per heavy atom. The number of nitrogens with one attached hydrogen (secondary N) is 1. The molecule has 2 aromatic rings.